The summed E-state index contributed by atoms with van der Waals surface area (Å²) in [5.74, 6) is 0. The molecule has 0 aliphatic heterocycles. The van der Waals surface area contributed by atoms with Crippen LogP contribution in [0.25, 0.3) is 0 Å². The van der Waals surface area contributed by atoms with E-state index in [1.165, 1.54) is 5.56 Å². The molecule has 0 amide bonds. The smallest absolute Gasteiger partial charge is 0.129 e. The minimum Gasteiger partial charge on any atom is -0.323 e. The Bertz CT molecular complexity index is 299. The highest BCUT2D eigenvalue weighted by atomic mass is 35.5. The predicted octanol–water partition coefficient (Wildman–Crippen LogP) is 2.07. The number of hydrogen-bond acceptors (Lipinski definition) is 2. The van der Waals surface area contributed by atoms with Gasteiger partial charge in [-0.1, -0.05) is 17.7 Å². The number of rotatable bonds is 0. The number of hydrogen-bond donors (Lipinski definition) is 1. The lowest BCUT2D eigenvalue weighted by atomic mass is 9.93. The second-order valence-corrected chi connectivity index (χ2v) is 3.56. The van der Waals surface area contributed by atoms with Crippen LogP contribution < -0.4 is 5.73 Å². The van der Waals surface area contributed by atoms with Crippen LogP contribution in [0.4, 0.5) is 0 Å². The highest BCUT2D eigenvalue weighted by Gasteiger charge is 2.17. The SMILES string of the molecule is N[C@@H]1CCCc2ccc(Cl)nc21. The summed E-state index contributed by atoms with van der Waals surface area (Å²) in [7, 11) is 0. The largest absolute Gasteiger partial charge is 0.323 e. The molecule has 0 spiro atoms. The summed E-state index contributed by atoms with van der Waals surface area (Å²) in [4.78, 5) is 4.24. The third-order valence-corrected chi connectivity index (χ3v) is 2.50. The van der Waals surface area contributed by atoms with Gasteiger partial charge in [-0.25, -0.2) is 4.98 Å². The van der Waals surface area contributed by atoms with Crippen LogP contribution in [-0.4, -0.2) is 4.98 Å². The number of nitrogens with two attached hydrogens (primary N) is 1. The van der Waals surface area contributed by atoms with E-state index in [2.05, 4.69) is 4.98 Å². The molecule has 0 bridgehead atoms. The first-order valence-electron chi connectivity index (χ1n) is 4.18. The molecule has 0 fully saturated rings. The van der Waals surface area contributed by atoms with Gasteiger partial charge in [-0.3, -0.25) is 0 Å². The molecule has 0 aromatic carbocycles. The normalized spacial score (nSPS) is 22.0. The van der Waals surface area contributed by atoms with Gasteiger partial charge in [-0.2, -0.15) is 0 Å². The van der Waals surface area contributed by atoms with E-state index in [0.29, 0.717) is 5.15 Å². The molecule has 2 N–H and O–H groups in total. The fourth-order valence-electron chi connectivity index (χ4n) is 1.66. The Morgan fingerprint density at radius 2 is 2.33 bits per heavy atom. The van der Waals surface area contributed by atoms with Gasteiger partial charge >= 0.3 is 0 Å². The molecule has 1 aliphatic rings. The van der Waals surface area contributed by atoms with Crippen LogP contribution >= 0.6 is 11.6 Å². The second kappa shape index (κ2) is 3.04. The van der Waals surface area contributed by atoms with Crippen LogP contribution in [0.3, 0.4) is 0 Å². The van der Waals surface area contributed by atoms with Crippen LogP contribution in [0.15, 0.2) is 12.1 Å². The topological polar surface area (TPSA) is 38.9 Å². The van der Waals surface area contributed by atoms with Crippen LogP contribution in [0, 0.1) is 0 Å². The second-order valence-electron chi connectivity index (χ2n) is 3.18. The van der Waals surface area contributed by atoms with Crippen molar-refractivity contribution in [2.75, 3.05) is 0 Å². The Morgan fingerprint density at radius 1 is 1.50 bits per heavy atom. The molecule has 1 heterocycles. The van der Waals surface area contributed by atoms with Gasteiger partial charge in [0.05, 0.1) is 5.69 Å². The van der Waals surface area contributed by atoms with Gasteiger partial charge in [0.25, 0.3) is 0 Å². The van der Waals surface area contributed by atoms with Gasteiger partial charge in [-0.15, -0.1) is 0 Å². The Morgan fingerprint density at radius 3 is 3.17 bits per heavy atom. The molecule has 0 unspecified atom stereocenters. The van der Waals surface area contributed by atoms with Crippen molar-refractivity contribution in [1.29, 1.82) is 0 Å². The summed E-state index contributed by atoms with van der Waals surface area (Å²) in [6, 6.07) is 3.95. The average molecular weight is 183 g/mol. The zero-order valence-electron chi connectivity index (χ0n) is 6.76. The zero-order chi connectivity index (χ0) is 8.55. The summed E-state index contributed by atoms with van der Waals surface area (Å²) in [5, 5.41) is 0.547. The molecule has 0 radical (unpaired) electrons. The quantitative estimate of drug-likeness (QED) is 0.624. The maximum Gasteiger partial charge on any atom is 0.129 e. The fourth-order valence-corrected chi connectivity index (χ4v) is 1.81. The molecular weight excluding hydrogens is 172 g/mol. The lowest BCUT2D eigenvalue weighted by Crippen LogP contribution is -2.18. The number of aryl methyl sites for hydroxylation is 1. The molecule has 0 saturated heterocycles. The van der Waals surface area contributed by atoms with Crippen molar-refractivity contribution >= 4 is 11.6 Å². The molecule has 1 aromatic heterocycles. The summed E-state index contributed by atoms with van der Waals surface area (Å²) < 4.78 is 0. The minimum atomic E-state index is 0.0902. The Labute approximate surface area is 76.7 Å². The fraction of sp³-hybridized carbons (Fsp3) is 0.444. The monoisotopic (exact) mass is 182 g/mol. The third kappa shape index (κ3) is 1.32. The third-order valence-electron chi connectivity index (χ3n) is 2.29. The number of nitrogens with zero attached hydrogens (tertiary/aromatic N) is 1. The Balaban J connectivity index is 2.47. The van der Waals surface area contributed by atoms with E-state index >= 15 is 0 Å². The van der Waals surface area contributed by atoms with Crippen molar-refractivity contribution in [1.82, 2.24) is 4.98 Å². The van der Waals surface area contributed by atoms with E-state index in [0.717, 1.165) is 25.0 Å². The molecule has 1 aliphatic carbocycles. The summed E-state index contributed by atoms with van der Waals surface area (Å²) in [6.45, 7) is 0. The minimum absolute atomic E-state index is 0.0902. The molecule has 1 atom stereocenters. The van der Waals surface area contributed by atoms with Gasteiger partial charge in [0.1, 0.15) is 5.15 Å². The molecule has 1 aromatic rings. The molecular formula is C9H11ClN2. The summed E-state index contributed by atoms with van der Waals surface area (Å²) in [5.41, 5.74) is 8.15. The van der Waals surface area contributed by atoms with Gasteiger partial charge in [0, 0.05) is 6.04 Å². The Hall–Kier alpha value is -0.600. The van der Waals surface area contributed by atoms with E-state index in [1.807, 2.05) is 12.1 Å². The lowest BCUT2D eigenvalue weighted by molar-refractivity contribution is 0.554. The van der Waals surface area contributed by atoms with Crippen molar-refractivity contribution in [2.24, 2.45) is 5.73 Å². The van der Waals surface area contributed by atoms with Crippen molar-refractivity contribution in [3.8, 4) is 0 Å². The Kier molecular flexibility index (Phi) is 2.03. The summed E-state index contributed by atoms with van der Waals surface area (Å²) in [6.07, 6.45) is 3.28. The van der Waals surface area contributed by atoms with Crippen LogP contribution in [-0.2, 0) is 6.42 Å². The summed E-state index contributed by atoms with van der Waals surface area (Å²) >= 11 is 5.78. The number of halogens is 1. The van der Waals surface area contributed by atoms with Crippen LogP contribution in [0.5, 0.6) is 0 Å². The number of aromatic nitrogens is 1. The van der Waals surface area contributed by atoms with Crippen LogP contribution in [0.1, 0.15) is 30.1 Å². The standard InChI is InChI=1S/C9H11ClN2/c10-8-5-4-6-2-1-3-7(11)9(6)12-8/h4-5,7H,1-3,11H2/t7-/m1/s1. The zero-order valence-corrected chi connectivity index (χ0v) is 7.51. The van der Waals surface area contributed by atoms with Crippen molar-refractivity contribution < 1.29 is 0 Å². The van der Waals surface area contributed by atoms with Gasteiger partial charge in [0.15, 0.2) is 0 Å². The molecule has 3 heteroatoms. The van der Waals surface area contributed by atoms with E-state index in [1.54, 1.807) is 0 Å². The number of pyridine rings is 1. The highest BCUT2D eigenvalue weighted by molar-refractivity contribution is 6.29. The van der Waals surface area contributed by atoms with E-state index < -0.39 is 0 Å². The van der Waals surface area contributed by atoms with Gasteiger partial charge in [0.2, 0.25) is 0 Å². The molecule has 0 saturated carbocycles. The lowest BCUT2D eigenvalue weighted by Gasteiger charge is -2.20. The average Bonchev–Trinajstić information content (AvgIpc) is 2.07. The molecule has 2 rings (SSSR count). The van der Waals surface area contributed by atoms with E-state index in [-0.39, 0.29) is 6.04 Å². The first kappa shape index (κ1) is 8.02. The molecule has 12 heavy (non-hydrogen) atoms. The maximum atomic E-state index is 5.89. The van der Waals surface area contributed by atoms with Crippen molar-refractivity contribution in [3.63, 3.8) is 0 Å². The van der Waals surface area contributed by atoms with Crippen LogP contribution in [0.2, 0.25) is 5.15 Å². The molecule has 2 nitrogen and oxygen atoms in total. The van der Waals surface area contributed by atoms with E-state index in [4.69, 9.17) is 17.3 Å². The van der Waals surface area contributed by atoms with Crippen molar-refractivity contribution in [2.45, 2.75) is 25.3 Å². The first-order chi connectivity index (χ1) is 5.77. The molecule has 64 valence electrons. The van der Waals surface area contributed by atoms with Crippen molar-refractivity contribution in [3.05, 3.63) is 28.5 Å². The number of fused-ring (bicyclic) bond motifs is 1. The highest BCUT2D eigenvalue weighted by Crippen LogP contribution is 2.27. The predicted molar refractivity (Wildman–Crippen MR) is 49.1 cm³/mol. The maximum absolute atomic E-state index is 5.89. The first-order valence-corrected chi connectivity index (χ1v) is 4.56. The van der Waals surface area contributed by atoms with E-state index in [9.17, 15) is 0 Å². The van der Waals surface area contributed by atoms with Gasteiger partial charge in [-0.05, 0) is 30.9 Å². The van der Waals surface area contributed by atoms with Gasteiger partial charge < -0.3 is 5.73 Å².